The second-order valence-corrected chi connectivity index (χ2v) is 6.21. The predicted octanol–water partition coefficient (Wildman–Crippen LogP) is 4.38. The van der Waals surface area contributed by atoms with Crippen LogP contribution in [0.3, 0.4) is 0 Å². The topological polar surface area (TPSA) is 20.3 Å². The monoisotopic (exact) mass is 261 g/mol. The van der Waals surface area contributed by atoms with Gasteiger partial charge in [0.15, 0.2) is 0 Å². The zero-order valence-corrected chi connectivity index (χ0v) is 13.2. The summed E-state index contributed by atoms with van der Waals surface area (Å²) in [5.41, 5.74) is 2.42. The van der Waals surface area contributed by atoms with E-state index in [9.17, 15) is 4.79 Å². The number of hydrogen-bond acceptors (Lipinski definition) is 1. The van der Waals surface area contributed by atoms with Crippen LogP contribution in [0.1, 0.15) is 53.0 Å². The molecule has 2 heteroatoms. The number of rotatable bonds is 4. The van der Waals surface area contributed by atoms with Gasteiger partial charge in [0.1, 0.15) is 0 Å². The molecule has 0 radical (unpaired) electrons. The first-order valence-electron chi connectivity index (χ1n) is 7.19. The fraction of sp³-hybridized carbons (Fsp3) is 0.588. The van der Waals surface area contributed by atoms with Crippen LogP contribution >= 0.6 is 0 Å². The van der Waals surface area contributed by atoms with Crippen LogP contribution in [0.25, 0.3) is 0 Å². The van der Waals surface area contributed by atoms with Gasteiger partial charge in [0.2, 0.25) is 5.91 Å². The molecule has 1 aromatic carbocycles. The highest BCUT2D eigenvalue weighted by molar-refractivity contribution is 5.94. The smallest absolute Gasteiger partial charge is 0.229 e. The van der Waals surface area contributed by atoms with Crippen LogP contribution in [0.5, 0.6) is 0 Å². The van der Waals surface area contributed by atoms with Gasteiger partial charge >= 0.3 is 0 Å². The Kier molecular flexibility index (Phi) is 5.16. The third kappa shape index (κ3) is 3.82. The first-order chi connectivity index (χ1) is 8.81. The number of carbonyl (C=O) groups is 1. The molecule has 0 fully saturated rings. The number of carbonyl (C=O) groups excluding carboxylic acids is 1. The Morgan fingerprint density at radius 3 is 1.95 bits per heavy atom. The van der Waals surface area contributed by atoms with Gasteiger partial charge in [-0.3, -0.25) is 4.79 Å². The molecule has 0 N–H and O–H groups in total. The van der Waals surface area contributed by atoms with E-state index >= 15 is 0 Å². The maximum Gasteiger partial charge on any atom is 0.229 e. The molecule has 0 unspecified atom stereocenters. The SMILES string of the molecule is CCC(CC)C(=O)N(C)c1ccc(C(C)(C)C)cc1. The third-order valence-corrected chi connectivity index (χ3v) is 3.79. The molecular formula is C17H27NO. The molecule has 0 saturated heterocycles. The molecule has 0 atom stereocenters. The van der Waals surface area contributed by atoms with Crippen molar-refractivity contribution in [3.8, 4) is 0 Å². The van der Waals surface area contributed by atoms with Gasteiger partial charge in [-0.25, -0.2) is 0 Å². The van der Waals surface area contributed by atoms with Gasteiger partial charge in [-0.05, 0) is 36.0 Å². The zero-order valence-electron chi connectivity index (χ0n) is 13.2. The number of nitrogens with zero attached hydrogens (tertiary/aromatic N) is 1. The Morgan fingerprint density at radius 1 is 1.11 bits per heavy atom. The third-order valence-electron chi connectivity index (χ3n) is 3.79. The molecule has 1 rings (SSSR count). The van der Waals surface area contributed by atoms with Crippen molar-refractivity contribution in [3.05, 3.63) is 29.8 Å². The lowest BCUT2D eigenvalue weighted by molar-refractivity contribution is -0.122. The van der Waals surface area contributed by atoms with Crippen molar-refractivity contribution in [1.29, 1.82) is 0 Å². The fourth-order valence-electron chi connectivity index (χ4n) is 2.22. The molecule has 19 heavy (non-hydrogen) atoms. The summed E-state index contributed by atoms with van der Waals surface area (Å²) >= 11 is 0. The van der Waals surface area contributed by atoms with Crippen molar-refractivity contribution in [3.63, 3.8) is 0 Å². The Morgan fingerprint density at radius 2 is 1.58 bits per heavy atom. The van der Waals surface area contributed by atoms with Crippen LogP contribution in [0.4, 0.5) is 5.69 Å². The maximum atomic E-state index is 12.3. The minimum atomic E-state index is 0.132. The lowest BCUT2D eigenvalue weighted by atomic mass is 9.87. The maximum absolute atomic E-state index is 12.3. The van der Waals surface area contributed by atoms with Gasteiger partial charge in [0.05, 0.1) is 0 Å². The average molecular weight is 261 g/mol. The fourth-order valence-corrected chi connectivity index (χ4v) is 2.22. The van der Waals surface area contributed by atoms with E-state index in [1.165, 1.54) is 5.56 Å². The largest absolute Gasteiger partial charge is 0.315 e. The van der Waals surface area contributed by atoms with Crippen molar-refractivity contribution in [2.24, 2.45) is 5.92 Å². The molecule has 0 aliphatic heterocycles. The van der Waals surface area contributed by atoms with Crippen molar-refractivity contribution in [2.45, 2.75) is 52.9 Å². The summed E-state index contributed by atoms with van der Waals surface area (Å²) in [6, 6.07) is 8.32. The van der Waals surface area contributed by atoms with E-state index in [-0.39, 0.29) is 17.2 Å². The van der Waals surface area contributed by atoms with Gasteiger partial charge in [0, 0.05) is 18.7 Å². The molecule has 0 heterocycles. The molecule has 0 bridgehead atoms. The zero-order chi connectivity index (χ0) is 14.6. The van der Waals surface area contributed by atoms with Crippen LogP contribution in [0.15, 0.2) is 24.3 Å². The van der Waals surface area contributed by atoms with Crippen molar-refractivity contribution >= 4 is 11.6 Å². The summed E-state index contributed by atoms with van der Waals surface area (Å²) in [7, 11) is 1.87. The van der Waals surface area contributed by atoms with Crippen molar-refractivity contribution in [1.82, 2.24) is 0 Å². The second kappa shape index (κ2) is 6.23. The van der Waals surface area contributed by atoms with Crippen LogP contribution in [-0.4, -0.2) is 13.0 Å². The Bertz CT molecular complexity index is 410. The van der Waals surface area contributed by atoms with E-state index in [4.69, 9.17) is 0 Å². The molecule has 0 spiro atoms. The van der Waals surface area contributed by atoms with E-state index in [1.54, 1.807) is 4.90 Å². The summed E-state index contributed by atoms with van der Waals surface area (Å²) in [6.07, 6.45) is 1.81. The van der Waals surface area contributed by atoms with Gasteiger partial charge in [-0.2, -0.15) is 0 Å². The lowest BCUT2D eigenvalue weighted by Crippen LogP contribution is -2.32. The first-order valence-corrected chi connectivity index (χ1v) is 7.19. The van der Waals surface area contributed by atoms with Crippen molar-refractivity contribution < 1.29 is 4.79 Å². The summed E-state index contributed by atoms with van der Waals surface area (Å²) < 4.78 is 0. The minimum Gasteiger partial charge on any atom is -0.315 e. The normalized spacial score (nSPS) is 11.7. The molecule has 0 saturated carbocycles. The molecule has 0 aliphatic rings. The van der Waals surface area contributed by atoms with Crippen LogP contribution in [0, 0.1) is 5.92 Å². The quantitative estimate of drug-likeness (QED) is 0.787. The Labute approximate surface area is 117 Å². The van der Waals surface area contributed by atoms with Gasteiger partial charge in [-0.15, -0.1) is 0 Å². The summed E-state index contributed by atoms with van der Waals surface area (Å²) in [5, 5.41) is 0. The van der Waals surface area contributed by atoms with Gasteiger partial charge in [-0.1, -0.05) is 46.8 Å². The number of benzene rings is 1. The van der Waals surface area contributed by atoms with Gasteiger partial charge < -0.3 is 4.90 Å². The molecule has 1 aromatic rings. The summed E-state index contributed by atoms with van der Waals surface area (Å²) in [4.78, 5) is 14.1. The summed E-state index contributed by atoms with van der Waals surface area (Å²) in [6.45, 7) is 10.7. The Hall–Kier alpha value is -1.31. The van der Waals surface area contributed by atoms with Crippen molar-refractivity contribution in [2.75, 3.05) is 11.9 Å². The number of amides is 1. The second-order valence-electron chi connectivity index (χ2n) is 6.21. The molecular weight excluding hydrogens is 234 g/mol. The standard InChI is InChI=1S/C17H27NO/c1-7-13(8-2)16(19)18(6)15-11-9-14(10-12-15)17(3,4)5/h9-13H,7-8H2,1-6H3. The first kappa shape index (κ1) is 15.7. The number of hydrogen-bond donors (Lipinski definition) is 0. The molecule has 2 nitrogen and oxygen atoms in total. The molecule has 1 amide bonds. The molecule has 0 aromatic heterocycles. The average Bonchev–Trinajstić information content (AvgIpc) is 2.38. The number of anilines is 1. The van der Waals surface area contributed by atoms with Crippen LogP contribution < -0.4 is 4.90 Å². The minimum absolute atomic E-state index is 0.132. The van der Waals surface area contributed by atoms with E-state index in [0.29, 0.717) is 0 Å². The highest BCUT2D eigenvalue weighted by Crippen LogP contribution is 2.25. The van der Waals surface area contributed by atoms with Crippen LogP contribution in [-0.2, 0) is 10.2 Å². The van der Waals surface area contributed by atoms with E-state index in [2.05, 4.69) is 46.8 Å². The van der Waals surface area contributed by atoms with E-state index in [1.807, 2.05) is 19.2 Å². The Balaban J connectivity index is 2.89. The lowest BCUT2D eigenvalue weighted by Gasteiger charge is -2.24. The molecule has 0 aliphatic carbocycles. The van der Waals surface area contributed by atoms with E-state index < -0.39 is 0 Å². The van der Waals surface area contributed by atoms with Crippen LogP contribution in [0.2, 0.25) is 0 Å². The summed E-state index contributed by atoms with van der Waals surface area (Å²) in [5.74, 6) is 0.348. The molecule has 106 valence electrons. The predicted molar refractivity (Wildman–Crippen MR) is 82.6 cm³/mol. The highest BCUT2D eigenvalue weighted by atomic mass is 16.2. The van der Waals surface area contributed by atoms with Gasteiger partial charge in [0.25, 0.3) is 0 Å². The highest BCUT2D eigenvalue weighted by Gasteiger charge is 2.20. The van der Waals surface area contributed by atoms with E-state index in [0.717, 1.165) is 18.5 Å².